The van der Waals surface area contributed by atoms with Gasteiger partial charge < -0.3 is 5.32 Å². The highest BCUT2D eigenvalue weighted by Crippen LogP contribution is 2.05. The molecule has 17 heavy (non-hydrogen) atoms. The summed E-state index contributed by atoms with van der Waals surface area (Å²) in [5.41, 5.74) is 1.02. The molecule has 0 radical (unpaired) electrons. The van der Waals surface area contributed by atoms with Gasteiger partial charge in [-0.25, -0.2) is 15.0 Å². The highest BCUT2D eigenvalue weighted by molar-refractivity contribution is 6.29. The first-order valence-electron chi connectivity index (χ1n) is 4.91. The highest BCUT2D eigenvalue weighted by atomic mass is 35.5. The lowest BCUT2D eigenvalue weighted by Gasteiger charge is -2.03. The van der Waals surface area contributed by atoms with Gasteiger partial charge in [0.1, 0.15) is 17.2 Å². The van der Waals surface area contributed by atoms with E-state index in [1.807, 2.05) is 0 Å². The van der Waals surface area contributed by atoms with Gasteiger partial charge in [0.15, 0.2) is 0 Å². The molecule has 2 heterocycles. The summed E-state index contributed by atoms with van der Waals surface area (Å²) in [5.74, 6) is -0.286. The first-order valence-corrected chi connectivity index (χ1v) is 5.29. The Balaban J connectivity index is 1.98. The molecular weight excluding hydrogens is 240 g/mol. The maximum atomic E-state index is 11.7. The lowest BCUT2D eigenvalue weighted by Crippen LogP contribution is -2.24. The number of nitrogens with zero attached hydrogens (tertiary/aromatic N) is 3. The zero-order valence-corrected chi connectivity index (χ0v) is 9.55. The van der Waals surface area contributed by atoms with E-state index in [4.69, 9.17) is 11.6 Å². The van der Waals surface area contributed by atoms with Crippen LogP contribution < -0.4 is 5.32 Å². The van der Waals surface area contributed by atoms with Crippen molar-refractivity contribution in [1.82, 2.24) is 20.3 Å². The van der Waals surface area contributed by atoms with E-state index in [9.17, 15) is 4.79 Å². The number of amides is 1. The van der Waals surface area contributed by atoms with E-state index in [1.165, 1.54) is 6.33 Å². The van der Waals surface area contributed by atoms with Gasteiger partial charge in [-0.1, -0.05) is 17.7 Å². The quantitative estimate of drug-likeness (QED) is 0.835. The van der Waals surface area contributed by atoms with Gasteiger partial charge in [0.05, 0.1) is 12.2 Å². The maximum Gasteiger partial charge on any atom is 0.270 e. The van der Waals surface area contributed by atoms with Crippen LogP contribution in [0, 0.1) is 0 Å². The molecule has 0 aliphatic carbocycles. The molecule has 2 rings (SSSR count). The molecule has 0 unspecified atom stereocenters. The molecule has 0 spiro atoms. The van der Waals surface area contributed by atoms with Crippen LogP contribution in [0.1, 0.15) is 16.2 Å². The molecule has 1 N–H and O–H groups in total. The molecule has 0 aliphatic rings. The summed E-state index contributed by atoms with van der Waals surface area (Å²) >= 11 is 5.69. The molecule has 2 aromatic heterocycles. The number of carbonyl (C=O) groups excluding carboxylic acids is 1. The van der Waals surface area contributed by atoms with Crippen molar-refractivity contribution in [3.63, 3.8) is 0 Å². The Morgan fingerprint density at radius 2 is 2.24 bits per heavy atom. The molecular formula is C11H9ClN4O. The van der Waals surface area contributed by atoms with Crippen molar-refractivity contribution < 1.29 is 4.79 Å². The SMILES string of the molecule is O=C(NCc1ccncn1)c1cccc(Cl)n1. The Hall–Kier alpha value is -2.01. The van der Waals surface area contributed by atoms with Crippen molar-refractivity contribution in [2.45, 2.75) is 6.54 Å². The number of hydrogen-bond acceptors (Lipinski definition) is 4. The van der Waals surface area contributed by atoms with Crippen molar-refractivity contribution in [3.05, 3.63) is 53.3 Å². The van der Waals surface area contributed by atoms with Crippen molar-refractivity contribution >= 4 is 17.5 Å². The van der Waals surface area contributed by atoms with Crippen LogP contribution in [0.5, 0.6) is 0 Å². The standard InChI is InChI=1S/C11H9ClN4O/c12-10-3-1-2-9(16-10)11(17)14-6-8-4-5-13-7-15-8/h1-5,7H,6H2,(H,14,17). The Morgan fingerprint density at radius 1 is 1.35 bits per heavy atom. The fourth-order valence-corrected chi connectivity index (χ4v) is 1.38. The normalized spacial score (nSPS) is 9.94. The number of nitrogens with one attached hydrogen (secondary N) is 1. The van der Waals surface area contributed by atoms with Gasteiger partial charge in [-0.2, -0.15) is 0 Å². The summed E-state index contributed by atoms with van der Waals surface area (Å²) < 4.78 is 0. The summed E-state index contributed by atoms with van der Waals surface area (Å²) in [6.45, 7) is 0.329. The third-order valence-electron chi connectivity index (χ3n) is 2.02. The van der Waals surface area contributed by atoms with Crippen LogP contribution in [0.4, 0.5) is 0 Å². The van der Waals surface area contributed by atoms with Crippen LogP contribution >= 0.6 is 11.6 Å². The van der Waals surface area contributed by atoms with Gasteiger partial charge in [-0.15, -0.1) is 0 Å². The third kappa shape index (κ3) is 3.22. The largest absolute Gasteiger partial charge is 0.345 e. The fourth-order valence-electron chi connectivity index (χ4n) is 1.22. The van der Waals surface area contributed by atoms with E-state index in [0.717, 1.165) is 5.69 Å². The molecule has 0 saturated carbocycles. The van der Waals surface area contributed by atoms with Crippen LogP contribution in [0.3, 0.4) is 0 Å². The van der Waals surface area contributed by atoms with Crippen LogP contribution in [0.25, 0.3) is 0 Å². The summed E-state index contributed by atoms with van der Waals surface area (Å²) in [5, 5.41) is 2.98. The number of halogens is 1. The fraction of sp³-hybridized carbons (Fsp3) is 0.0909. The Morgan fingerprint density at radius 3 is 2.94 bits per heavy atom. The van der Waals surface area contributed by atoms with E-state index in [-0.39, 0.29) is 11.6 Å². The smallest absolute Gasteiger partial charge is 0.270 e. The first kappa shape index (κ1) is 11.5. The monoisotopic (exact) mass is 248 g/mol. The average Bonchev–Trinajstić information content (AvgIpc) is 2.37. The van der Waals surface area contributed by atoms with E-state index in [2.05, 4.69) is 20.3 Å². The molecule has 0 fully saturated rings. The second-order valence-electron chi connectivity index (χ2n) is 3.23. The second-order valence-corrected chi connectivity index (χ2v) is 3.62. The van der Waals surface area contributed by atoms with E-state index >= 15 is 0 Å². The third-order valence-corrected chi connectivity index (χ3v) is 2.23. The van der Waals surface area contributed by atoms with Crippen molar-refractivity contribution in [1.29, 1.82) is 0 Å². The van der Waals surface area contributed by atoms with Gasteiger partial charge in [0, 0.05) is 6.20 Å². The zero-order valence-electron chi connectivity index (χ0n) is 8.80. The van der Waals surface area contributed by atoms with E-state index < -0.39 is 0 Å². The van der Waals surface area contributed by atoms with Crippen LogP contribution in [-0.4, -0.2) is 20.9 Å². The minimum absolute atomic E-state index is 0.284. The topological polar surface area (TPSA) is 67.8 Å². The molecule has 0 atom stereocenters. The van der Waals surface area contributed by atoms with Crippen molar-refractivity contribution in [2.24, 2.45) is 0 Å². The predicted molar refractivity (Wildman–Crippen MR) is 62.4 cm³/mol. The van der Waals surface area contributed by atoms with Crippen molar-refractivity contribution in [3.8, 4) is 0 Å². The molecule has 86 valence electrons. The summed E-state index contributed by atoms with van der Waals surface area (Å²) in [4.78, 5) is 23.4. The summed E-state index contributed by atoms with van der Waals surface area (Å²) in [7, 11) is 0. The molecule has 2 aromatic rings. The van der Waals surface area contributed by atoms with Gasteiger partial charge in [-0.3, -0.25) is 4.79 Å². The number of carbonyl (C=O) groups is 1. The number of pyridine rings is 1. The van der Waals surface area contributed by atoms with Crippen LogP contribution in [0.2, 0.25) is 5.15 Å². The van der Waals surface area contributed by atoms with Crippen LogP contribution in [-0.2, 0) is 6.54 Å². The minimum atomic E-state index is -0.286. The van der Waals surface area contributed by atoms with Gasteiger partial charge in [-0.05, 0) is 18.2 Å². The summed E-state index contributed by atoms with van der Waals surface area (Å²) in [6, 6.07) is 6.62. The summed E-state index contributed by atoms with van der Waals surface area (Å²) in [6.07, 6.45) is 3.05. The lowest BCUT2D eigenvalue weighted by molar-refractivity contribution is 0.0945. The number of hydrogen-bond donors (Lipinski definition) is 1. The lowest BCUT2D eigenvalue weighted by atomic mass is 10.3. The molecule has 0 aliphatic heterocycles. The molecule has 1 amide bonds. The maximum absolute atomic E-state index is 11.7. The Bertz CT molecular complexity index is 518. The van der Waals surface area contributed by atoms with Crippen LogP contribution in [0.15, 0.2) is 36.8 Å². The molecule has 0 aromatic carbocycles. The van der Waals surface area contributed by atoms with E-state index in [0.29, 0.717) is 11.7 Å². The predicted octanol–water partition coefficient (Wildman–Crippen LogP) is 1.46. The number of aromatic nitrogens is 3. The Labute approximate surface area is 103 Å². The van der Waals surface area contributed by atoms with Gasteiger partial charge in [0.2, 0.25) is 0 Å². The molecule has 0 bridgehead atoms. The Kier molecular flexibility index (Phi) is 3.62. The highest BCUT2D eigenvalue weighted by Gasteiger charge is 2.07. The van der Waals surface area contributed by atoms with E-state index in [1.54, 1.807) is 30.5 Å². The van der Waals surface area contributed by atoms with Crippen molar-refractivity contribution in [2.75, 3.05) is 0 Å². The van der Waals surface area contributed by atoms with Gasteiger partial charge >= 0.3 is 0 Å². The first-order chi connectivity index (χ1) is 8.25. The zero-order chi connectivity index (χ0) is 12.1. The molecule has 5 nitrogen and oxygen atoms in total. The average molecular weight is 249 g/mol. The molecule has 6 heteroatoms. The van der Waals surface area contributed by atoms with Gasteiger partial charge in [0.25, 0.3) is 5.91 Å². The minimum Gasteiger partial charge on any atom is -0.345 e. The molecule has 0 saturated heterocycles. The number of rotatable bonds is 3. The second kappa shape index (κ2) is 5.36.